The Labute approximate surface area is 224 Å². The van der Waals surface area contributed by atoms with Crippen LogP contribution in [0.1, 0.15) is 72.9 Å². The first-order chi connectivity index (χ1) is 18.4. The van der Waals surface area contributed by atoms with E-state index >= 15 is 0 Å². The molecule has 7 nitrogen and oxygen atoms in total. The van der Waals surface area contributed by atoms with Crippen molar-refractivity contribution in [2.24, 2.45) is 11.8 Å². The van der Waals surface area contributed by atoms with Crippen LogP contribution in [0.2, 0.25) is 0 Å². The Morgan fingerprint density at radius 1 is 1.03 bits per heavy atom. The van der Waals surface area contributed by atoms with Crippen LogP contribution in [0.15, 0.2) is 47.4 Å². The Kier molecular flexibility index (Phi) is 6.95. The zero-order valence-electron chi connectivity index (χ0n) is 21.6. The van der Waals surface area contributed by atoms with Gasteiger partial charge in [0.1, 0.15) is 11.3 Å². The van der Waals surface area contributed by atoms with Crippen LogP contribution >= 0.6 is 0 Å². The summed E-state index contributed by atoms with van der Waals surface area (Å²) in [7, 11) is -3.99. The summed E-state index contributed by atoms with van der Waals surface area (Å²) in [5.41, 5.74) is 4.18. The Hall–Kier alpha value is -2.84. The zero-order chi connectivity index (χ0) is 26.3. The number of benzene rings is 2. The maximum absolute atomic E-state index is 14.2. The molecule has 6 rings (SSSR count). The minimum atomic E-state index is -3.99. The highest BCUT2D eigenvalue weighted by molar-refractivity contribution is 7.92. The fourth-order valence-corrected chi connectivity index (χ4v) is 7.95. The molecule has 2 aromatic carbocycles. The van der Waals surface area contributed by atoms with E-state index < -0.39 is 16.0 Å². The van der Waals surface area contributed by atoms with Gasteiger partial charge in [0.05, 0.1) is 17.2 Å². The van der Waals surface area contributed by atoms with Gasteiger partial charge in [-0.3, -0.25) is 4.31 Å². The number of nitrogens with zero attached hydrogens (tertiary/aromatic N) is 1. The van der Waals surface area contributed by atoms with Crippen LogP contribution in [0.25, 0.3) is 5.57 Å². The van der Waals surface area contributed by atoms with E-state index in [9.17, 15) is 18.3 Å². The van der Waals surface area contributed by atoms with Gasteiger partial charge in [0.25, 0.3) is 10.0 Å². The van der Waals surface area contributed by atoms with Crippen molar-refractivity contribution in [3.63, 3.8) is 0 Å². The molecule has 2 fully saturated rings. The largest absolute Gasteiger partial charge is 0.492 e. The molecule has 8 heteroatoms. The Bertz CT molecular complexity index is 1360. The zero-order valence-corrected chi connectivity index (χ0v) is 22.4. The summed E-state index contributed by atoms with van der Waals surface area (Å²) in [6.07, 6.45) is 11.0. The highest BCUT2D eigenvalue weighted by Crippen LogP contribution is 2.46. The van der Waals surface area contributed by atoms with Crippen LogP contribution in [0, 0.1) is 11.8 Å². The van der Waals surface area contributed by atoms with Gasteiger partial charge in [-0.2, -0.15) is 0 Å². The topological polar surface area (TPSA) is 93.1 Å². The van der Waals surface area contributed by atoms with Crippen LogP contribution in [0.4, 0.5) is 5.69 Å². The van der Waals surface area contributed by atoms with Crippen molar-refractivity contribution in [3.05, 3.63) is 59.2 Å². The summed E-state index contributed by atoms with van der Waals surface area (Å²) in [6, 6.07) is 10.3. The molecule has 0 radical (unpaired) electrons. The van der Waals surface area contributed by atoms with Gasteiger partial charge in [-0.25, -0.2) is 13.2 Å². The minimum Gasteiger partial charge on any atom is -0.492 e. The first-order valence-corrected chi connectivity index (χ1v) is 15.3. The average Bonchev–Trinajstić information content (AvgIpc) is 3.64. The molecule has 202 valence electrons. The number of hydrogen-bond acceptors (Lipinski definition) is 5. The first-order valence-electron chi connectivity index (χ1n) is 13.9. The van der Waals surface area contributed by atoms with Crippen LogP contribution in [-0.4, -0.2) is 45.4 Å². The van der Waals surface area contributed by atoms with Crippen LogP contribution in [0.3, 0.4) is 0 Å². The van der Waals surface area contributed by atoms with Gasteiger partial charge >= 0.3 is 5.97 Å². The standard InChI is InChI=1S/C30H35NO6S/c32-30(33)26-18-25(9-12-29(26)37-19-20-13-15-36-16-14-20)38(34,35)31-27(22-5-6-22)11-8-24-17-23(7-10-28(24)31)21-3-1-2-4-21/h3,7,9-10,12,17-18,20,22,27H,1-2,4-6,8,11,13-16,19H2,(H,32,33). The number of carbonyl (C=O) groups is 1. The number of hydrogen-bond donors (Lipinski definition) is 1. The number of aryl methyl sites for hydroxylation is 1. The van der Waals surface area contributed by atoms with Gasteiger partial charge < -0.3 is 14.6 Å². The fraction of sp³-hybridized carbons (Fsp3) is 0.500. The molecule has 1 atom stereocenters. The number of carboxylic acid groups (broad SMARTS) is 1. The van der Waals surface area contributed by atoms with E-state index in [1.165, 1.54) is 29.3 Å². The molecule has 38 heavy (non-hydrogen) atoms. The van der Waals surface area contributed by atoms with E-state index in [0.717, 1.165) is 69.0 Å². The van der Waals surface area contributed by atoms with E-state index in [1.807, 2.05) is 12.1 Å². The van der Waals surface area contributed by atoms with Crippen LogP contribution < -0.4 is 9.04 Å². The lowest BCUT2D eigenvalue weighted by atomic mass is 9.92. The van der Waals surface area contributed by atoms with E-state index in [2.05, 4.69) is 12.1 Å². The normalized spacial score (nSPS) is 22.2. The quantitative estimate of drug-likeness (QED) is 0.466. The van der Waals surface area contributed by atoms with Crippen molar-refractivity contribution >= 4 is 27.3 Å². The van der Waals surface area contributed by atoms with E-state index in [1.54, 1.807) is 4.31 Å². The molecule has 1 N–H and O–H groups in total. The Morgan fingerprint density at radius 3 is 2.55 bits per heavy atom. The highest BCUT2D eigenvalue weighted by atomic mass is 32.2. The molecule has 2 aliphatic carbocycles. The Morgan fingerprint density at radius 2 is 1.84 bits per heavy atom. The van der Waals surface area contributed by atoms with Crippen LogP contribution in [-0.2, 0) is 21.2 Å². The van der Waals surface area contributed by atoms with E-state index in [4.69, 9.17) is 9.47 Å². The highest BCUT2D eigenvalue weighted by Gasteiger charge is 2.44. The monoisotopic (exact) mass is 537 g/mol. The van der Waals surface area contributed by atoms with Gasteiger partial charge in [0, 0.05) is 19.3 Å². The van der Waals surface area contributed by atoms with Crippen LogP contribution in [0.5, 0.6) is 5.75 Å². The van der Waals surface area contributed by atoms with E-state index in [0.29, 0.717) is 31.7 Å². The maximum atomic E-state index is 14.2. The Balaban J connectivity index is 1.33. The molecule has 2 aliphatic heterocycles. The molecule has 0 bridgehead atoms. The van der Waals surface area contributed by atoms with Gasteiger partial charge in [0.15, 0.2) is 0 Å². The molecule has 4 aliphatic rings. The molecule has 2 heterocycles. The number of fused-ring (bicyclic) bond motifs is 1. The molecular formula is C30H35NO6S. The van der Waals surface area contributed by atoms with Crippen molar-refractivity contribution in [2.75, 3.05) is 24.1 Å². The van der Waals surface area contributed by atoms with Gasteiger partial charge in [-0.05, 0) is 117 Å². The summed E-state index contributed by atoms with van der Waals surface area (Å²) in [5, 5.41) is 9.93. The smallest absolute Gasteiger partial charge is 0.339 e. The van der Waals surface area contributed by atoms with Crippen molar-refractivity contribution in [3.8, 4) is 5.75 Å². The van der Waals surface area contributed by atoms with E-state index in [-0.39, 0.29) is 22.3 Å². The van der Waals surface area contributed by atoms with Crippen molar-refractivity contribution < 1.29 is 27.8 Å². The lowest BCUT2D eigenvalue weighted by molar-refractivity contribution is 0.0490. The number of anilines is 1. The number of carboxylic acids is 1. The van der Waals surface area contributed by atoms with Crippen molar-refractivity contribution in [1.29, 1.82) is 0 Å². The summed E-state index contributed by atoms with van der Waals surface area (Å²) >= 11 is 0. The second kappa shape index (κ2) is 10.4. The SMILES string of the molecule is O=C(O)c1cc(S(=O)(=O)N2c3ccc(C4=CCCC4)cc3CCC2C2CC2)ccc1OCC1CCOCC1. The maximum Gasteiger partial charge on any atom is 0.339 e. The fourth-order valence-electron chi connectivity index (χ4n) is 6.15. The van der Waals surface area contributed by atoms with Gasteiger partial charge in [-0.15, -0.1) is 0 Å². The third-order valence-electron chi connectivity index (χ3n) is 8.46. The number of aromatic carboxylic acids is 1. The van der Waals surface area contributed by atoms with Crippen molar-refractivity contribution in [2.45, 2.75) is 68.7 Å². The molecule has 0 aromatic heterocycles. The second-order valence-electron chi connectivity index (χ2n) is 11.0. The summed E-state index contributed by atoms with van der Waals surface area (Å²) < 4.78 is 41.3. The molecule has 1 saturated carbocycles. The summed E-state index contributed by atoms with van der Waals surface area (Å²) in [5.74, 6) is -0.356. The molecule has 1 saturated heterocycles. The van der Waals surface area contributed by atoms with Crippen molar-refractivity contribution in [1.82, 2.24) is 0 Å². The second-order valence-corrected chi connectivity index (χ2v) is 12.9. The number of rotatable bonds is 8. The lowest BCUT2D eigenvalue weighted by Gasteiger charge is -2.38. The minimum absolute atomic E-state index is 0.00519. The predicted molar refractivity (Wildman–Crippen MR) is 145 cm³/mol. The number of ether oxygens (including phenoxy) is 2. The number of sulfonamides is 1. The third kappa shape index (κ3) is 4.96. The molecular weight excluding hydrogens is 502 g/mol. The third-order valence-corrected chi connectivity index (χ3v) is 10.3. The molecule has 1 unspecified atom stereocenters. The van der Waals surface area contributed by atoms with Gasteiger partial charge in [0.2, 0.25) is 0 Å². The summed E-state index contributed by atoms with van der Waals surface area (Å²) in [4.78, 5) is 12.2. The lowest BCUT2D eigenvalue weighted by Crippen LogP contribution is -2.45. The molecule has 2 aromatic rings. The van der Waals surface area contributed by atoms with Gasteiger partial charge in [-0.1, -0.05) is 12.1 Å². The molecule has 0 spiro atoms. The predicted octanol–water partition coefficient (Wildman–Crippen LogP) is 5.68. The number of allylic oxidation sites excluding steroid dienone is 2. The molecule has 0 amide bonds. The average molecular weight is 538 g/mol. The first kappa shape index (κ1) is 25.4. The summed E-state index contributed by atoms with van der Waals surface area (Å²) in [6.45, 7) is 1.74.